The third-order valence-corrected chi connectivity index (χ3v) is 6.34. The van der Waals surface area contributed by atoms with E-state index in [1.54, 1.807) is 42.0 Å². The van der Waals surface area contributed by atoms with Crippen LogP contribution in [0, 0.1) is 0 Å². The van der Waals surface area contributed by atoms with Gasteiger partial charge in [-0.1, -0.05) is 42.5 Å². The first-order valence-corrected chi connectivity index (χ1v) is 11.4. The molecule has 0 radical (unpaired) electrons. The number of amides is 1. The lowest BCUT2D eigenvalue weighted by Crippen LogP contribution is -2.47. The van der Waals surface area contributed by atoms with Gasteiger partial charge in [0.15, 0.2) is 5.65 Å². The van der Waals surface area contributed by atoms with Crippen molar-refractivity contribution in [2.75, 3.05) is 27.3 Å². The van der Waals surface area contributed by atoms with E-state index in [4.69, 9.17) is 4.74 Å². The molecule has 0 bridgehead atoms. The minimum absolute atomic E-state index is 0.109. The van der Waals surface area contributed by atoms with E-state index < -0.39 is 17.2 Å². The van der Waals surface area contributed by atoms with Gasteiger partial charge < -0.3 is 9.64 Å². The van der Waals surface area contributed by atoms with Crippen LogP contribution in [0.1, 0.15) is 23.7 Å². The highest BCUT2D eigenvalue weighted by Gasteiger charge is 2.40. The van der Waals surface area contributed by atoms with Crippen molar-refractivity contribution >= 4 is 11.6 Å². The average molecular weight is 497 g/mol. The van der Waals surface area contributed by atoms with Crippen molar-refractivity contribution in [2.24, 2.45) is 0 Å². The Hall–Kier alpha value is -3.72. The largest absolute Gasteiger partial charge is 0.416 e. The number of carbonyl (C=O) groups excluding carboxylic acids is 1. The highest BCUT2D eigenvalue weighted by molar-refractivity contribution is 5.88. The van der Waals surface area contributed by atoms with E-state index in [9.17, 15) is 18.0 Å². The highest BCUT2D eigenvalue weighted by Crippen LogP contribution is 2.34. The first kappa shape index (κ1) is 25.4. The SMILES string of the molecule is COCCN(C)C(=O)C(C)(Cc1ccccc1)c1ccnc2c(-c3ccc(C(F)(F)F)cc3)cnn12. The molecule has 6 nitrogen and oxygen atoms in total. The summed E-state index contributed by atoms with van der Waals surface area (Å²) in [5.41, 5.74) is 1.46. The Bertz CT molecular complexity index is 1340. The van der Waals surface area contributed by atoms with Gasteiger partial charge in [0.25, 0.3) is 0 Å². The smallest absolute Gasteiger partial charge is 0.383 e. The number of nitrogens with zero attached hydrogens (tertiary/aromatic N) is 4. The van der Waals surface area contributed by atoms with Gasteiger partial charge in [-0.15, -0.1) is 0 Å². The summed E-state index contributed by atoms with van der Waals surface area (Å²) in [4.78, 5) is 19.9. The molecule has 0 fully saturated rings. The molecule has 0 N–H and O–H groups in total. The number of benzene rings is 2. The molecule has 0 saturated heterocycles. The molecule has 2 aromatic carbocycles. The number of methoxy groups -OCH3 is 1. The third kappa shape index (κ3) is 4.97. The van der Waals surface area contributed by atoms with Gasteiger partial charge in [0.2, 0.25) is 5.91 Å². The van der Waals surface area contributed by atoms with E-state index in [-0.39, 0.29) is 5.91 Å². The van der Waals surface area contributed by atoms with Gasteiger partial charge in [-0.2, -0.15) is 18.3 Å². The van der Waals surface area contributed by atoms with Crippen molar-refractivity contribution in [3.63, 3.8) is 0 Å². The van der Waals surface area contributed by atoms with Crippen molar-refractivity contribution in [2.45, 2.75) is 24.9 Å². The second kappa shape index (κ2) is 10.1. The lowest BCUT2D eigenvalue weighted by atomic mass is 9.78. The summed E-state index contributed by atoms with van der Waals surface area (Å²) < 4.78 is 45.8. The van der Waals surface area contributed by atoms with Gasteiger partial charge in [0.05, 0.1) is 29.5 Å². The van der Waals surface area contributed by atoms with Crippen LogP contribution in [0.3, 0.4) is 0 Å². The van der Waals surface area contributed by atoms with Crippen molar-refractivity contribution in [1.82, 2.24) is 19.5 Å². The fraction of sp³-hybridized carbons (Fsp3) is 0.296. The van der Waals surface area contributed by atoms with E-state index in [0.717, 1.165) is 17.7 Å². The number of likely N-dealkylation sites (N-methyl/N-ethyl adjacent to an activating group) is 1. The van der Waals surface area contributed by atoms with Gasteiger partial charge >= 0.3 is 6.18 Å². The number of rotatable bonds is 8. The number of fused-ring (bicyclic) bond motifs is 1. The predicted octanol–water partition coefficient (Wildman–Crippen LogP) is 5.02. The Morgan fingerprint density at radius 3 is 2.39 bits per heavy atom. The monoisotopic (exact) mass is 496 g/mol. The lowest BCUT2D eigenvalue weighted by molar-refractivity contribution is -0.137. The van der Waals surface area contributed by atoms with Crippen molar-refractivity contribution < 1.29 is 22.7 Å². The van der Waals surface area contributed by atoms with E-state index in [1.165, 1.54) is 12.1 Å². The first-order chi connectivity index (χ1) is 17.1. The number of hydrogen-bond donors (Lipinski definition) is 0. The minimum Gasteiger partial charge on any atom is -0.383 e. The number of carbonyl (C=O) groups is 1. The van der Waals surface area contributed by atoms with Crippen LogP contribution in [0.4, 0.5) is 13.2 Å². The van der Waals surface area contributed by atoms with E-state index >= 15 is 0 Å². The number of ether oxygens (including phenoxy) is 1. The summed E-state index contributed by atoms with van der Waals surface area (Å²) >= 11 is 0. The van der Waals surface area contributed by atoms with Gasteiger partial charge in [0, 0.05) is 32.5 Å². The fourth-order valence-electron chi connectivity index (χ4n) is 4.38. The molecule has 188 valence electrons. The van der Waals surface area contributed by atoms with Gasteiger partial charge in [-0.25, -0.2) is 9.50 Å². The summed E-state index contributed by atoms with van der Waals surface area (Å²) in [5.74, 6) is -0.109. The maximum absolute atomic E-state index is 13.8. The molecule has 0 aliphatic rings. The lowest BCUT2D eigenvalue weighted by Gasteiger charge is -2.33. The molecule has 0 aliphatic carbocycles. The number of hydrogen-bond acceptors (Lipinski definition) is 4. The zero-order valence-electron chi connectivity index (χ0n) is 20.3. The Kier molecular flexibility index (Phi) is 7.12. The fourth-order valence-corrected chi connectivity index (χ4v) is 4.38. The molecule has 0 aliphatic heterocycles. The van der Waals surface area contributed by atoms with E-state index in [0.29, 0.717) is 42.0 Å². The van der Waals surface area contributed by atoms with Crippen LogP contribution in [-0.4, -0.2) is 52.7 Å². The van der Waals surface area contributed by atoms with Crippen LogP contribution >= 0.6 is 0 Å². The van der Waals surface area contributed by atoms with Crippen LogP contribution in [0.5, 0.6) is 0 Å². The van der Waals surface area contributed by atoms with E-state index in [2.05, 4.69) is 10.1 Å². The number of aromatic nitrogens is 3. The van der Waals surface area contributed by atoms with E-state index in [1.807, 2.05) is 37.3 Å². The first-order valence-electron chi connectivity index (χ1n) is 11.4. The van der Waals surface area contributed by atoms with Crippen molar-refractivity contribution in [3.8, 4) is 11.1 Å². The van der Waals surface area contributed by atoms with Gasteiger partial charge in [-0.05, 0) is 42.7 Å². The molecule has 2 aromatic heterocycles. The minimum atomic E-state index is -4.42. The number of alkyl halides is 3. The number of halogens is 3. The molecule has 2 heterocycles. The predicted molar refractivity (Wildman–Crippen MR) is 130 cm³/mol. The molecule has 0 spiro atoms. The summed E-state index contributed by atoms with van der Waals surface area (Å²) in [6, 6.07) is 16.4. The molecular weight excluding hydrogens is 469 g/mol. The molecule has 1 amide bonds. The topological polar surface area (TPSA) is 59.7 Å². The average Bonchev–Trinajstić information content (AvgIpc) is 3.31. The zero-order valence-corrected chi connectivity index (χ0v) is 20.3. The Morgan fingerprint density at radius 2 is 1.75 bits per heavy atom. The van der Waals surface area contributed by atoms with Crippen LogP contribution in [0.15, 0.2) is 73.1 Å². The molecule has 1 atom stereocenters. The molecule has 4 aromatic rings. The molecule has 9 heteroatoms. The standard InChI is InChI=1S/C27H27F3N4O2/c1-26(17-19-7-5-4-6-8-19,25(35)33(2)15-16-36-3)23-13-14-31-24-22(18-32-34(23)24)20-9-11-21(12-10-20)27(28,29)30/h4-14,18H,15-17H2,1-3H3. The van der Waals surface area contributed by atoms with Crippen LogP contribution in [-0.2, 0) is 27.5 Å². The van der Waals surface area contributed by atoms with Crippen molar-refractivity contribution in [1.29, 1.82) is 0 Å². The van der Waals surface area contributed by atoms with Gasteiger partial charge in [0.1, 0.15) is 0 Å². The summed E-state index contributed by atoms with van der Waals surface area (Å²) in [6.45, 7) is 2.69. The molecule has 36 heavy (non-hydrogen) atoms. The second-order valence-electron chi connectivity index (χ2n) is 8.91. The molecular formula is C27H27F3N4O2. The Labute approximate surface area is 207 Å². The molecule has 4 rings (SSSR count). The second-order valence-corrected chi connectivity index (χ2v) is 8.91. The summed E-state index contributed by atoms with van der Waals surface area (Å²) in [5, 5.41) is 4.51. The zero-order chi connectivity index (χ0) is 25.9. The molecule has 0 saturated carbocycles. The Balaban J connectivity index is 1.81. The van der Waals surface area contributed by atoms with Crippen LogP contribution < -0.4 is 0 Å². The summed E-state index contributed by atoms with van der Waals surface area (Å²) in [6.07, 6.45) is -0.833. The quantitative estimate of drug-likeness (QED) is 0.344. The third-order valence-electron chi connectivity index (χ3n) is 6.34. The summed E-state index contributed by atoms with van der Waals surface area (Å²) in [7, 11) is 3.32. The Morgan fingerprint density at radius 1 is 1.06 bits per heavy atom. The molecule has 1 unspecified atom stereocenters. The normalized spacial score (nSPS) is 13.5. The van der Waals surface area contributed by atoms with Gasteiger partial charge in [-0.3, -0.25) is 4.79 Å². The maximum Gasteiger partial charge on any atom is 0.416 e. The van der Waals surface area contributed by atoms with Crippen LogP contribution in [0.25, 0.3) is 16.8 Å². The van der Waals surface area contributed by atoms with Crippen LogP contribution in [0.2, 0.25) is 0 Å². The maximum atomic E-state index is 13.8. The highest BCUT2D eigenvalue weighted by atomic mass is 19.4. The van der Waals surface area contributed by atoms with Crippen molar-refractivity contribution in [3.05, 3.63) is 89.9 Å².